The van der Waals surface area contributed by atoms with E-state index >= 15 is 0 Å². The molecule has 0 radical (unpaired) electrons. The Morgan fingerprint density at radius 3 is 2.85 bits per heavy atom. The Bertz CT molecular complexity index is 841. The molecule has 0 atom stereocenters. The molecule has 27 heavy (non-hydrogen) atoms. The number of rotatable bonds is 3. The SMILES string of the molecule is O=C(COc1ccc2oc3c(c2c1)CCCC3)N1CCC2(CCNC2)CC1. The predicted molar refractivity (Wildman–Crippen MR) is 104 cm³/mol. The van der Waals surface area contributed by atoms with Gasteiger partial charge in [-0.3, -0.25) is 4.79 Å². The highest BCUT2D eigenvalue weighted by molar-refractivity contribution is 5.84. The fraction of sp³-hybridized carbons (Fsp3) is 0.591. The summed E-state index contributed by atoms with van der Waals surface area (Å²) in [7, 11) is 0. The van der Waals surface area contributed by atoms with Crippen LogP contribution in [0.4, 0.5) is 0 Å². The number of ether oxygens (including phenoxy) is 1. The Balaban J connectivity index is 1.21. The van der Waals surface area contributed by atoms with Crippen molar-refractivity contribution in [1.82, 2.24) is 10.2 Å². The summed E-state index contributed by atoms with van der Waals surface area (Å²) in [6.07, 6.45) is 8.01. The maximum absolute atomic E-state index is 12.6. The van der Waals surface area contributed by atoms with Crippen molar-refractivity contribution in [1.29, 1.82) is 0 Å². The smallest absolute Gasteiger partial charge is 0.260 e. The number of furan rings is 1. The summed E-state index contributed by atoms with van der Waals surface area (Å²) in [6, 6.07) is 5.94. The number of fused-ring (bicyclic) bond motifs is 3. The van der Waals surface area contributed by atoms with Crippen LogP contribution in [-0.2, 0) is 17.6 Å². The van der Waals surface area contributed by atoms with E-state index in [0.717, 1.165) is 74.3 Å². The van der Waals surface area contributed by atoms with Crippen molar-refractivity contribution >= 4 is 16.9 Å². The zero-order valence-electron chi connectivity index (χ0n) is 15.9. The number of likely N-dealkylation sites (tertiary alicyclic amines) is 1. The van der Waals surface area contributed by atoms with Crippen LogP contribution in [0.15, 0.2) is 22.6 Å². The zero-order chi connectivity index (χ0) is 18.3. The molecule has 5 heteroatoms. The van der Waals surface area contributed by atoms with E-state index in [1.54, 1.807) is 0 Å². The standard InChI is InChI=1S/C22H28N2O3/c25-21(24-11-8-22(9-12-24)7-10-23-15-22)14-26-16-5-6-20-18(13-16)17-3-1-2-4-19(17)27-20/h5-6,13,23H,1-4,7-12,14-15H2. The molecular weight excluding hydrogens is 340 g/mol. The molecule has 1 aromatic heterocycles. The Hall–Kier alpha value is -2.01. The Morgan fingerprint density at radius 2 is 2.04 bits per heavy atom. The van der Waals surface area contributed by atoms with Gasteiger partial charge < -0.3 is 19.4 Å². The van der Waals surface area contributed by atoms with Gasteiger partial charge in [0.2, 0.25) is 0 Å². The first-order chi connectivity index (χ1) is 13.2. The summed E-state index contributed by atoms with van der Waals surface area (Å²) in [5.41, 5.74) is 2.70. The lowest BCUT2D eigenvalue weighted by molar-refractivity contribution is -0.135. The molecule has 2 fully saturated rings. The fourth-order valence-electron chi connectivity index (χ4n) is 5.02. The molecule has 1 N–H and O–H groups in total. The summed E-state index contributed by atoms with van der Waals surface area (Å²) in [4.78, 5) is 14.6. The number of aryl methyl sites for hydroxylation is 2. The van der Waals surface area contributed by atoms with Crippen molar-refractivity contribution in [2.75, 3.05) is 32.8 Å². The summed E-state index contributed by atoms with van der Waals surface area (Å²) in [6.45, 7) is 4.07. The highest BCUT2D eigenvalue weighted by atomic mass is 16.5. The van der Waals surface area contributed by atoms with Crippen molar-refractivity contribution in [2.24, 2.45) is 5.41 Å². The minimum atomic E-state index is 0.102. The van der Waals surface area contributed by atoms with Crippen LogP contribution in [0.1, 0.15) is 43.4 Å². The second-order valence-electron chi connectivity index (χ2n) is 8.47. The van der Waals surface area contributed by atoms with Gasteiger partial charge in [0.25, 0.3) is 5.91 Å². The summed E-state index contributed by atoms with van der Waals surface area (Å²) >= 11 is 0. The number of carbonyl (C=O) groups is 1. The predicted octanol–water partition coefficient (Wildman–Crippen LogP) is 3.29. The van der Waals surface area contributed by atoms with Gasteiger partial charge in [-0.05, 0) is 68.7 Å². The van der Waals surface area contributed by atoms with Gasteiger partial charge in [0.15, 0.2) is 6.61 Å². The third-order valence-corrected chi connectivity index (χ3v) is 6.80. The number of piperidine rings is 1. The van der Waals surface area contributed by atoms with Crippen LogP contribution in [0.5, 0.6) is 5.75 Å². The van der Waals surface area contributed by atoms with Gasteiger partial charge in [-0.25, -0.2) is 0 Å². The number of nitrogens with zero attached hydrogens (tertiary/aromatic N) is 1. The Labute approximate surface area is 160 Å². The molecule has 0 bridgehead atoms. The summed E-state index contributed by atoms with van der Waals surface area (Å²) in [5, 5.41) is 4.63. The average Bonchev–Trinajstić information content (AvgIpc) is 3.31. The third kappa shape index (κ3) is 3.22. The number of hydrogen-bond acceptors (Lipinski definition) is 4. The fourth-order valence-corrected chi connectivity index (χ4v) is 5.02. The molecule has 5 rings (SSSR count). The summed E-state index contributed by atoms with van der Waals surface area (Å²) in [5.74, 6) is 2.00. The highest BCUT2D eigenvalue weighted by Gasteiger charge is 2.38. The maximum atomic E-state index is 12.6. The van der Waals surface area contributed by atoms with E-state index < -0.39 is 0 Å². The molecule has 5 nitrogen and oxygen atoms in total. The van der Waals surface area contributed by atoms with E-state index in [0.29, 0.717) is 5.41 Å². The normalized spacial score (nSPS) is 21.6. The molecule has 2 aliphatic heterocycles. The Morgan fingerprint density at radius 1 is 1.19 bits per heavy atom. The lowest BCUT2D eigenvalue weighted by Gasteiger charge is -2.38. The minimum absolute atomic E-state index is 0.102. The Kier molecular flexibility index (Phi) is 4.35. The van der Waals surface area contributed by atoms with Gasteiger partial charge in [0.1, 0.15) is 17.1 Å². The largest absolute Gasteiger partial charge is 0.484 e. The van der Waals surface area contributed by atoms with Crippen LogP contribution in [0.25, 0.3) is 11.0 Å². The third-order valence-electron chi connectivity index (χ3n) is 6.80. The lowest BCUT2D eigenvalue weighted by Crippen LogP contribution is -2.45. The molecule has 144 valence electrons. The molecule has 1 amide bonds. The maximum Gasteiger partial charge on any atom is 0.260 e. The second-order valence-corrected chi connectivity index (χ2v) is 8.47. The average molecular weight is 368 g/mol. The first kappa shape index (κ1) is 17.1. The van der Waals surface area contributed by atoms with E-state index in [2.05, 4.69) is 5.32 Å². The van der Waals surface area contributed by atoms with Gasteiger partial charge in [0, 0.05) is 37.0 Å². The first-order valence-corrected chi connectivity index (χ1v) is 10.4. The molecule has 2 aromatic rings. The molecular formula is C22H28N2O3. The van der Waals surface area contributed by atoms with Crippen LogP contribution >= 0.6 is 0 Å². The molecule has 0 unspecified atom stereocenters. The van der Waals surface area contributed by atoms with Gasteiger partial charge >= 0.3 is 0 Å². The quantitative estimate of drug-likeness (QED) is 0.903. The number of carbonyl (C=O) groups excluding carboxylic acids is 1. The van der Waals surface area contributed by atoms with E-state index in [-0.39, 0.29) is 12.5 Å². The molecule has 1 spiro atoms. The van der Waals surface area contributed by atoms with Gasteiger partial charge in [-0.2, -0.15) is 0 Å². The van der Waals surface area contributed by atoms with Gasteiger partial charge in [-0.1, -0.05) is 0 Å². The van der Waals surface area contributed by atoms with Crippen molar-refractivity contribution in [3.63, 3.8) is 0 Å². The molecule has 3 heterocycles. The van der Waals surface area contributed by atoms with E-state index in [1.807, 2.05) is 23.1 Å². The van der Waals surface area contributed by atoms with Crippen LogP contribution in [0, 0.1) is 5.41 Å². The van der Waals surface area contributed by atoms with Gasteiger partial charge in [-0.15, -0.1) is 0 Å². The minimum Gasteiger partial charge on any atom is -0.484 e. The number of benzene rings is 1. The van der Waals surface area contributed by atoms with Crippen LogP contribution < -0.4 is 10.1 Å². The first-order valence-electron chi connectivity index (χ1n) is 10.4. The van der Waals surface area contributed by atoms with E-state index in [9.17, 15) is 4.79 Å². The second kappa shape index (κ2) is 6.86. The molecule has 0 saturated carbocycles. The number of nitrogens with one attached hydrogen (secondary N) is 1. The number of hydrogen-bond donors (Lipinski definition) is 1. The molecule has 1 aliphatic carbocycles. The van der Waals surface area contributed by atoms with Crippen molar-refractivity contribution in [3.8, 4) is 5.75 Å². The van der Waals surface area contributed by atoms with E-state index in [1.165, 1.54) is 24.8 Å². The monoisotopic (exact) mass is 368 g/mol. The van der Waals surface area contributed by atoms with Crippen LogP contribution in [-0.4, -0.2) is 43.6 Å². The van der Waals surface area contributed by atoms with Crippen molar-refractivity contribution in [3.05, 3.63) is 29.5 Å². The van der Waals surface area contributed by atoms with Crippen LogP contribution in [0.3, 0.4) is 0 Å². The number of amides is 1. The van der Waals surface area contributed by atoms with Crippen molar-refractivity contribution < 1.29 is 13.9 Å². The summed E-state index contributed by atoms with van der Waals surface area (Å²) < 4.78 is 11.8. The lowest BCUT2D eigenvalue weighted by atomic mass is 9.78. The molecule has 3 aliphatic rings. The topological polar surface area (TPSA) is 54.7 Å². The van der Waals surface area contributed by atoms with E-state index in [4.69, 9.17) is 9.15 Å². The van der Waals surface area contributed by atoms with Crippen molar-refractivity contribution in [2.45, 2.75) is 44.9 Å². The molecule has 2 saturated heterocycles. The van der Waals surface area contributed by atoms with Gasteiger partial charge in [0.05, 0.1) is 0 Å². The van der Waals surface area contributed by atoms with Crippen LogP contribution in [0.2, 0.25) is 0 Å². The molecule has 1 aromatic carbocycles. The zero-order valence-corrected chi connectivity index (χ0v) is 15.9. The highest BCUT2D eigenvalue weighted by Crippen LogP contribution is 2.37.